The van der Waals surface area contributed by atoms with Gasteiger partial charge in [-0.25, -0.2) is 4.98 Å². The third-order valence-electron chi connectivity index (χ3n) is 5.65. The van der Waals surface area contributed by atoms with Crippen molar-refractivity contribution in [2.24, 2.45) is 0 Å². The van der Waals surface area contributed by atoms with E-state index in [1.807, 2.05) is 4.57 Å². The number of aryl methyl sites for hydroxylation is 3. The van der Waals surface area contributed by atoms with Gasteiger partial charge in [0.2, 0.25) is 5.91 Å². The van der Waals surface area contributed by atoms with Crippen molar-refractivity contribution in [2.45, 2.75) is 64.1 Å². The molecule has 2 aliphatic rings. The zero-order valence-electron chi connectivity index (χ0n) is 15.9. The number of carbonyl (C=O) groups excluding carboxylic acids is 1. The number of fused-ring (bicyclic) bond motifs is 3. The van der Waals surface area contributed by atoms with E-state index >= 15 is 0 Å². The molecule has 0 aliphatic heterocycles. The molecule has 3 aromatic rings. The molecule has 3 heterocycles. The Morgan fingerprint density at radius 2 is 2.17 bits per heavy atom. The second-order valence-electron chi connectivity index (χ2n) is 7.71. The Hall–Kier alpha value is -2.33. The molecule has 0 aromatic carbocycles. The highest BCUT2D eigenvalue weighted by molar-refractivity contribution is 7.71. The molecule has 5 rings (SSSR count). The van der Waals surface area contributed by atoms with Crippen LogP contribution in [0.1, 0.15) is 54.4 Å². The van der Waals surface area contributed by atoms with Gasteiger partial charge in [0.1, 0.15) is 4.83 Å². The van der Waals surface area contributed by atoms with Gasteiger partial charge in [-0.2, -0.15) is 5.10 Å². The van der Waals surface area contributed by atoms with Crippen LogP contribution in [0.4, 0.5) is 0 Å². The number of nitrogens with zero attached hydrogens (tertiary/aromatic N) is 4. The number of rotatable bonds is 6. The molecule has 0 saturated heterocycles. The number of carbonyl (C=O) groups is 1. The molecule has 29 heavy (non-hydrogen) atoms. The van der Waals surface area contributed by atoms with E-state index in [1.165, 1.54) is 16.9 Å². The third kappa shape index (κ3) is 3.55. The molecule has 0 bridgehead atoms. The number of nitrogens with one attached hydrogen (secondary N) is 2. The van der Waals surface area contributed by atoms with Crippen molar-refractivity contribution in [3.63, 3.8) is 0 Å². The molecule has 0 radical (unpaired) electrons. The van der Waals surface area contributed by atoms with Gasteiger partial charge in [0.05, 0.1) is 18.3 Å². The first-order valence-electron chi connectivity index (χ1n) is 10.0. The van der Waals surface area contributed by atoms with E-state index in [0.717, 1.165) is 48.1 Å². The zero-order chi connectivity index (χ0) is 20.0. The quantitative estimate of drug-likeness (QED) is 0.586. The number of amides is 1. The summed E-state index contributed by atoms with van der Waals surface area (Å²) in [5.74, 6) is 0.622. The lowest BCUT2D eigenvalue weighted by Crippen LogP contribution is -2.28. The Morgan fingerprint density at radius 1 is 1.34 bits per heavy atom. The molecular weight excluding hydrogens is 408 g/mol. The SMILES string of the molecule is O=C(CCn1cnc2sc3c(c2c1=O)CCCC3)NCc1n[nH]c(=S)n1C1CC1. The highest BCUT2D eigenvalue weighted by atomic mass is 32.1. The van der Waals surface area contributed by atoms with Gasteiger partial charge in [0.25, 0.3) is 5.56 Å². The van der Waals surface area contributed by atoms with Crippen LogP contribution in [0, 0.1) is 4.77 Å². The molecule has 8 nitrogen and oxygen atoms in total. The summed E-state index contributed by atoms with van der Waals surface area (Å²) < 4.78 is 4.14. The maximum absolute atomic E-state index is 13.0. The monoisotopic (exact) mass is 430 g/mol. The van der Waals surface area contributed by atoms with Gasteiger partial charge < -0.3 is 5.32 Å². The van der Waals surface area contributed by atoms with Crippen LogP contribution >= 0.6 is 23.6 Å². The lowest BCUT2D eigenvalue weighted by atomic mass is 9.97. The third-order valence-corrected chi connectivity index (χ3v) is 7.14. The molecule has 10 heteroatoms. The highest BCUT2D eigenvalue weighted by Gasteiger charge is 2.27. The van der Waals surface area contributed by atoms with Crippen molar-refractivity contribution in [3.8, 4) is 0 Å². The van der Waals surface area contributed by atoms with Crippen molar-refractivity contribution in [3.05, 3.63) is 37.7 Å². The first kappa shape index (κ1) is 18.7. The molecule has 1 saturated carbocycles. The van der Waals surface area contributed by atoms with E-state index < -0.39 is 0 Å². The first-order chi connectivity index (χ1) is 14.1. The van der Waals surface area contributed by atoms with Gasteiger partial charge in [-0.05, 0) is 56.3 Å². The second-order valence-corrected chi connectivity index (χ2v) is 9.18. The summed E-state index contributed by atoms with van der Waals surface area (Å²) in [5.41, 5.74) is 1.15. The van der Waals surface area contributed by atoms with Gasteiger partial charge in [-0.15, -0.1) is 11.3 Å². The largest absolute Gasteiger partial charge is 0.349 e. The molecule has 0 unspecified atom stereocenters. The molecule has 0 atom stereocenters. The molecule has 1 fully saturated rings. The van der Waals surface area contributed by atoms with Crippen molar-refractivity contribution in [1.82, 2.24) is 29.6 Å². The Kier molecular flexibility index (Phi) is 4.83. The van der Waals surface area contributed by atoms with Gasteiger partial charge in [-0.3, -0.25) is 23.8 Å². The van der Waals surface area contributed by atoms with Gasteiger partial charge in [0, 0.05) is 23.9 Å². The van der Waals surface area contributed by atoms with E-state index in [9.17, 15) is 9.59 Å². The summed E-state index contributed by atoms with van der Waals surface area (Å²) in [6, 6.07) is 0.404. The summed E-state index contributed by atoms with van der Waals surface area (Å²) in [4.78, 5) is 31.9. The topological polar surface area (TPSA) is 97.6 Å². The molecule has 2 N–H and O–H groups in total. The predicted octanol–water partition coefficient (Wildman–Crippen LogP) is 2.63. The molecule has 152 valence electrons. The summed E-state index contributed by atoms with van der Waals surface area (Å²) in [7, 11) is 0. The molecule has 0 spiro atoms. The fraction of sp³-hybridized carbons (Fsp3) is 0.526. The smallest absolute Gasteiger partial charge is 0.262 e. The van der Waals surface area contributed by atoms with Gasteiger partial charge >= 0.3 is 0 Å². The Bertz CT molecular complexity index is 1200. The number of thiophene rings is 1. The predicted molar refractivity (Wildman–Crippen MR) is 113 cm³/mol. The lowest BCUT2D eigenvalue weighted by molar-refractivity contribution is -0.121. The van der Waals surface area contributed by atoms with E-state index in [-0.39, 0.29) is 17.9 Å². The average molecular weight is 431 g/mol. The minimum absolute atomic E-state index is 0.0307. The van der Waals surface area contributed by atoms with E-state index in [2.05, 4.69) is 20.5 Å². The van der Waals surface area contributed by atoms with Crippen LogP contribution in [-0.4, -0.2) is 30.2 Å². The molecule has 1 amide bonds. The number of hydrogen-bond acceptors (Lipinski definition) is 6. The van der Waals surface area contributed by atoms with Crippen LogP contribution in [0.3, 0.4) is 0 Å². The van der Waals surface area contributed by atoms with Crippen LogP contribution in [0.15, 0.2) is 11.1 Å². The number of aromatic nitrogens is 5. The maximum Gasteiger partial charge on any atom is 0.262 e. The molecular formula is C19H22N6O2S2. The summed E-state index contributed by atoms with van der Waals surface area (Å²) >= 11 is 6.90. The molecule has 2 aliphatic carbocycles. The second kappa shape index (κ2) is 7.49. The van der Waals surface area contributed by atoms with Gasteiger partial charge in [-0.1, -0.05) is 0 Å². The normalized spacial score (nSPS) is 16.1. The van der Waals surface area contributed by atoms with E-state index in [1.54, 1.807) is 22.2 Å². The summed E-state index contributed by atoms with van der Waals surface area (Å²) in [5, 5.41) is 10.7. The number of hydrogen-bond donors (Lipinski definition) is 2. The van der Waals surface area contributed by atoms with Gasteiger partial charge in [0.15, 0.2) is 10.6 Å². The zero-order valence-corrected chi connectivity index (χ0v) is 17.6. The maximum atomic E-state index is 13.0. The van der Waals surface area contributed by atoms with Crippen molar-refractivity contribution >= 4 is 39.7 Å². The average Bonchev–Trinajstić information content (AvgIpc) is 3.37. The Morgan fingerprint density at radius 3 is 3.00 bits per heavy atom. The first-order valence-corrected chi connectivity index (χ1v) is 11.3. The Balaban J connectivity index is 1.26. The van der Waals surface area contributed by atoms with Crippen LogP contribution in [0.2, 0.25) is 0 Å². The number of aromatic amines is 1. The highest BCUT2D eigenvalue weighted by Crippen LogP contribution is 2.35. The van der Waals surface area contributed by atoms with E-state index in [0.29, 0.717) is 23.9 Å². The van der Waals surface area contributed by atoms with E-state index in [4.69, 9.17) is 12.2 Å². The lowest BCUT2D eigenvalue weighted by Gasteiger charge is -2.10. The summed E-state index contributed by atoms with van der Waals surface area (Å²) in [6.07, 6.45) is 8.27. The van der Waals surface area contributed by atoms with Crippen molar-refractivity contribution in [1.29, 1.82) is 0 Å². The standard InChI is InChI=1S/C19H22N6O2S2/c26-15(20-9-14-22-23-19(28)25(14)11-5-6-11)7-8-24-10-21-17-16(18(24)27)12-3-1-2-4-13(12)29-17/h10-11H,1-9H2,(H,20,26)(H,23,28). The fourth-order valence-corrected chi connectivity index (χ4v) is 5.52. The van der Waals surface area contributed by atoms with Crippen LogP contribution in [0.5, 0.6) is 0 Å². The number of H-pyrrole nitrogens is 1. The van der Waals surface area contributed by atoms with Crippen molar-refractivity contribution in [2.75, 3.05) is 0 Å². The van der Waals surface area contributed by atoms with Crippen LogP contribution < -0.4 is 10.9 Å². The minimum Gasteiger partial charge on any atom is -0.349 e. The summed E-state index contributed by atoms with van der Waals surface area (Å²) in [6.45, 7) is 0.639. The van der Waals surface area contributed by atoms with Crippen LogP contribution in [0.25, 0.3) is 10.2 Å². The minimum atomic E-state index is -0.124. The van der Waals surface area contributed by atoms with Crippen molar-refractivity contribution < 1.29 is 4.79 Å². The Labute approximate surface area is 176 Å². The molecule has 3 aromatic heterocycles. The fourth-order valence-electron chi connectivity index (χ4n) is 4.00. The van der Waals surface area contributed by atoms with Crippen LogP contribution in [-0.2, 0) is 30.7 Å².